The van der Waals surface area contributed by atoms with Crippen molar-refractivity contribution < 1.29 is 9.18 Å². The molecule has 0 spiro atoms. The predicted octanol–water partition coefficient (Wildman–Crippen LogP) is 6.99. The molecule has 0 atom stereocenters. The molecule has 4 rings (SSSR count). The van der Waals surface area contributed by atoms with Gasteiger partial charge in [0.15, 0.2) is 0 Å². The molecule has 0 saturated heterocycles. The minimum Gasteiger partial charge on any atom is -0.256 e. The second-order valence-corrected chi connectivity index (χ2v) is 8.02. The van der Waals surface area contributed by atoms with Gasteiger partial charge >= 0.3 is 6.03 Å². The Balaban J connectivity index is 1.89. The number of carbonyl (C=O) groups is 1. The van der Waals surface area contributed by atoms with E-state index in [1.54, 1.807) is 28.2 Å². The van der Waals surface area contributed by atoms with Gasteiger partial charge in [-0.05, 0) is 60.7 Å². The minimum atomic E-state index is -0.546. The first-order valence-corrected chi connectivity index (χ1v) is 10.5. The molecule has 1 aliphatic rings. The number of hydrogen-bond donors (Lipinski definition) is 0. The third-order valence-corrected chi connectivity index (χ3v) is 6.23. The molecule has 0 bridgehead atoms. The summed E-state index contributed by atoms with van der Waals surface area (Å²) in [6.45, 7) is 0. The van der Waals surface area contributed by atoms with Crippen molar-refractivity contribution in [3.05, 3.63) is 77.6 Å². The van der Waals surface area contributed by atoms with Crippen molar-refractivity contribution in [2.75, 3.05) is 15.5 Å². The average Bonchev–Trinajstić information content (AvgIpc) is 2.69. The van der Waals surface area contributed by atoms with E-state index in [2.05, 4.69) is 0 Å². The van der Waals surface area contributed by atoms with Crippen molar-refractivity contribution in [2.45, 2.75) is 9.79 Å². The second-order valence-electron chi connectivity index (χ2n) is 5.74. The lowest BCUT2D eigenvalue weighted by atomic mass is 10.2. The standard InChI is InChI=1S/C20H14ClFN2OS2/c1-26-14-7-4-6-13(12-14)24-20(25)23(17-10-2-3-11-18(17)27-24)19-15(21)8-5-9-16(19)22/h2-12H,1H3. The quantitative estimate of drug-likeness (QED) is 0.339. The number of thioether (sulfide) groups is 1. The Bertz CT molecular complexity index is 1010. The molecular weight excluding hydrogens is 403 g/mol. The van der Waals surface area contributed by atoms with Crippen LogP contribution in [-0.4, -0.2) is 12.3 Å². The molecule has 0 radical (unpaired) electrons. The summed E-state index contributed by atoms with van der Waals surface area (Å²) in [7, 11) is 0. The number of benzene rings is 3. The first-order valence-electron chi connectivity index (χ1n) is 8.09. The largest absolute Gasteiger partial charge is 0.344 e. The number of halogens is 2. The zero-order valence-corrected chi connectivity index (χ0v) is 16.6. The summed E-state index contributed by atoms with van der Waals surface area (Å²) in [6.07, 6.45) is 1.98. The number of anilines is 3. The van der Waals surface area contributed by atoms with E-state index >= 15 is 0 Å². The third kappa shape index (κ3) is 3.29. The fraction of sp³-hybridized carbons (Fsp3) is 0.0500. The summed E-state index contributed by atoms with van der Waals surface area (Å²) in [6, 6.07) is 19.1. The van der Waals surface area contributed by atoms with Crippen LogP contribution in [0.4, 0.5) is 26.2 Å². The number of carbonyl (C=O) groups excluding carboxylic acids is 1. The second kappa shape index (κ2) is 7.46. The van der Waals surface area contributed by atoms with E-state index in [1.165, 1.54) is 29.0 Å². The van der Waals surface area contributed by atoms with Gasteiger partial charge in [0.2, 0.25) is 0 Å². The smallest absolute Gasteiger partial charge is 0.256 e. The first-order chi connectivity index (χ1) is 13.1. The van der Waals surface area contributed by atoms with Crippen molar-refractivity contribution in [3.8, 4) is 0 Å². The highest BCUT2D eigenvalue weighted by molar-refractivity contribution is 8.01. The molecule has 0 saturated carbocycles. The number of rotatable bonds is 3. The lowest BCUT2D eigenvalue weighted by Gasteiger charge is -2.36. The van der Waals surface area contributed by atoms with Gasteiger partial charge in [0.1, 0.15) is 11.5 Å². The number of nitrogens with zero attached hydrogens (tertiary/aromatic N) is 2. The maximum Gasteiger partial charge on any atom is 0.344 e. The Morgan fingerprint density at radius 3 is 2.59 bits per heavy atom. The number of para-hydroxylation sites is 2. The first kappa shape index (κ1) is 18.2. The normalized spacial score (nSPS) is 13.7. The number of urea groups is 1. The average molecular weight is 417 g/mol. The Labute approximate surface area is 170 Å². The zero-order chi connectivity index (χ0) is 19.0. The molecule has 7 heteroatoms. The van der Waals surface area contributed by atoms with Gasteiger partial charge in [-0.15, -0.1) is 11.8 Å². The molecule has 1 aliphatic heterocycles. The van der Waals surface area contributed by atoms with Crippen molar-refractivity contribution in [3.63, 3.8) is 0 Å². The molecule has 27 heavy (non-hydrogen) atoms. The van der Waals surface area contributed by atoms with Gasteiger partial charge in [-0.25, -0.2) is 13.5 Å². The summed E-state index contributed by atoms with van der Waals surface area (Å²) in [4.78, 5) is 16.6. The lowest BCUT2D eigenvalue weighted by molar-refractivity contribution is 0.256. The van der Waals surface area contributed by atoms with Gasteiger partial charge in [0.05, 0.1) is 21.3 Å². The van der Waals surface area contributed by atoms with Crippen molar-refractivity contribution >= 4 is 58.4 Å². The van der Waals surface area contributed by atoms with E-state index in [1.807, 2.05) is 48.7 Å². The van der Waals surface area contributed by atoms with E-state index in [4.69, 9.17) is 11.6 Å². The number of fused-ring (bicyclic) bond motifs is 1. The summed E-state index contributed by atoms with van der Waals surface area (Å²) in [5, 5.41) is 0.183. The van der Waals surface area contributed by atoms with Crippen LogP contribution in [0, 0.1) is 5.82 Å². The van der Waals surface area contributed by atoms with Crippen LogP contribution >= 0.6 is 35.3 Å². The lowest BCUT2D eigenvalue weighted by Crippen LogP contribution is -2.40. The van der Waals surface area contributed by atoms with Gasteiger partial charge in [-0.1, -0.05) is 35.9 Å². The van der Waals surface area contributed by atoms with Crippen LogP contribution < -0.4 is 9.21 Å². The molecule has 0 N–H and O–H groups in total. The van der Waals surface area contributed by atoms with Crippen LogP contribution in [0.25, 0.3) is 0 Å². The Morgan fingerprint density at radius 2 is 1.81 bits per heavy atom. The van der Waals surface area contributed by atoms with Crippen molar-refractivity contribution in [2.24, 2.45) is 0 Å². The SMILES string of the molecule is CSc1cccc(N2Sc3ccccc3N(c3c(F)cccc3Cl)C2=O)c1. The number of amides is 2. The maximum absolute atomic E-state index is 14.6. The summed E-state index contributed by atoms with van der Waals surface area (Å²) < 4.78 is 16.2. The highest BCUT2D eigenvalue weighted by Crippen LogP contribution is 2.46. The van der Waals surface area contributed by atoms with E-state index in [9.17, 15) is 9.18 Å². The van der Waals surface area contributed by atoms with E-state index < -0.39 is 5.82 Å². The highest BCUT2D eigenvalue weighted by Gasteiger charge is 2.35. The summed E-state index contributed by atoms with van der Waals surface area (Å²) in [5.74, 6) is -0.546. The summed E-state index contributed by atoms with van der Waals surface area (Å²) in [5.41, 5.74) is 1.39. The van der Waals surface area contributed by atoms with E-state index in [0.29, 0.717) is 5.69 Å². The van der Waals surface area contributed by atoms with Crippen LogP contribution in [0.1, 0.15) is 0 Å². The highest BCUT2D eigenvalue weighted by atomic mass is 35.5. The zero-order valence-electron chi connectivity index (χ0n) is 14.2. The summed E-state index contributed by atoms with van der Waals surface area (Å²) >= 11 is 9.18. The van der Waals surface area contributed by atoms with Gasteiger partial charge < -0.3 is 0 Å². The van der Waals surface area contributed by atoms with Gasteiger partial charge in [0.25, 0.3) is 0 Å². The monoisotopic (exact) mass is 416 g/mol. The fourth-order valence-corrected chi connectivity index (χ4v) is 4.54. The van der Waals surface area contributed by atoms with Crippen molar-refractivity contribution in [1.82, 2.24) is 0 Å². The van der Waals surface area contributed by atoms with Gasteiger partial charge in [-0.2, -0.15) is 0 Å². The maximum atomic E-state index is 14.6. The Hall–Kier alpha value is -2.15. The molecule has 3 aromatic carbocycles. The van der Waals surface area contributed by atoms with Gasteiger partial charge in [0, 0.05) is 4.90 Å². The minimum absolute atomic E-state index is 0.0583. The molecule has 136 valence electrons. The van der Waals surface area contributed by atoms with E-state index in [0.717, 1.165) is 15.5 Å². The van der Waals surface area contributed by atoms with Crippen LogP contribution in [-0.2, 0) is 0 Å². The topological polar surface area (TPSA) is 23.6 Å². The molecule has 0 aliphatic carbocycles. The molecule has 1 heterocycles. The molecule has 3 nitrogen and oxygen atoms in total. The molecule has 0 fully saturated rings. The number of hydrogen-bond acceptors (Lipinski definition) is 3. The Morgan fingerprint density at radius 1 is 1.04 bits per heavy atom. The molecule has 3 aromatic rings. The Kier molecular flexibility index (Phi) is 5.04. The van der Waals surface area contributed by atoms with Crippen LogP contribution in [0.15, 0.2) is 76.5 Å². The van der Waals surface area contributed by atoms with E-state index in [-0.39, 0.29) is 16.7 Å². The van der Waals surface area contributed by atoms with Crippen molar-refractivity contribution in [1.29, 1.82) is 0 Å². The van der Waals surface area contributed by atoms with Crippen LogP contribution in [0.5, 0.6) is 0 Å². The third-order valence-electron chi connectivity index (χ3n) is 4.11. The van der Waals surface area contributed by atoms with Gasteiger partial charge in [-0.3, -0.25) is 4.90 Å². The molecule has 0 unspecified atom stereocenters. The molecular formula is C20H14ClFN2OS2. The molecule has 2 amide bonds. The predicted molar refractivity (Wildman–Crippen MR) is 112 cm³/mol. The van der Waals surface area contributed by atoms with Crippen LogP contribution in [0.3, 0.4) is 0 Å². The van der Waals surface area contributed by atoms with Crippen LogP contribution in [0.2, 0.25) is 5.02 Å². The fourth-order valence-electron chi connectivity index (χ4n) is 2.87. The molecule has 0 aromatic heterocycles.